The molecule has 0 saturated heterocycles. The summed E-state index contributed by atoms with van der Waals surface area (Å²) in [4.78, 5) is 9.92. The number of aliphatic hydroxyl groups is 1. The Labute approximate surface area is 73.8 Å². The maximum atomic E-state index is 9.92. The van der Waals surface area contributed by atoms with Crippen molar-refractivity contribution in [3.8, 4) is 0 Å². The highest BCUT2D eigenvalue weighted by atomic mass is 32.2. The molecule has 1 rings (SSSR count). The van der Waals surface area contributed by atoms with E-state index in [0.717, 1.165) is 0 Å². The maximum Gasteiger partial charge on any atom is 0.230 e. The fourth-order valence-corrected chi connectivity index (χ4v) is 1.32. The Hall–Kier alpha value is -0.880. The molecule has 0 fully saturated rings. The zero-order valence-corrected chi connectivity index (χ0v) is 7.28. The Bertz CT molecular complexity index is 263. The summed E-state index contributed by atoms with van der Waals surface area (Å²) in [7, 11) is 1.79. The Morgan fingerprint density at radius 2 is 2.67 bits per heavy atom. The van der Waals surface area contributed by atoms with Crippen LogP contribution in [0.1, 0.15) is 0 Å². The van der Waals surface area contributed by atoms with Crippen LogP contribution in [0.2, 0.25) is 0 Å². The predicted octanol–water partition coefficient (Wildman–Crippen LogP) is -0.622. The molecule has 1 aromatic heterocycles. The summed E-state index contributed by atoms with van der Waals surface area (Å²) in [5.41, 5.74) is 0. The van der Waals surface area contributed by atoms with E-state index in [0.29, 0.717) is 5.16 Å². The molecule has 1 atom stereocenters. The molecule has 5 nitrogen and oxygen atoms in total. The topological polar surface area (TPSA) is 68.0 Å². The van der Waals surface area contributed by atoms with Gasteiger partial charge in [0.05, 0.1) is 0 Å². The predicted molar refractivity (Wildman–Crippen MR) is 43.4 cm³/mol. The maximum absolute atomic E-state index is 9.92. The average Bonchev–Trinajstić information content (AvgIpc) is 2.47. The van der Waals surface area contributed by atoms with Crippen LogP contribution in [-0.4, -0.2) is 38.0 Å². The number of aromatic nitrogens is 3. The minimum atomic E-state index is -1.05. The molecule has 12 heavy (non-hydrogen) atoms. The molecule has 0 spiro atoms. The Kier molecular flexibility index (Phi) is 3.24. The van der Waals surface area contributed by atoms with Crippen LogP contribution in [0.5, 0.6) is 0 Å². The van der Waals surface area contributed by atoms with Crippen LogP contribution in [0.25, 0.3) is 0 Å². The number of rotatable bonds is 4. The largest absolute Gasteiger partial charge is 0.384 e. The van der Waals surface area contributed by atoms with Gasteiger partial charge in [-0.25, -0.2) is 0 Å². The SMILES string of the molecule is Cn1cnnc1SCC(O)[C]=O. The van der Waals surface area contributed by atoms with Gasteiger partial charge in [-0.1, -0.05) is 11.8 Å². The first-order valence-electron chi connectivity index (χ1n) is 3.26. The van der Waals surface area contributed by atoms with Crippen LogP contribution in [0.4, 0.5) is 0 Å². The lowest BCUT2D eigenvalue weighted by molar-refractivity contribution is 0.258. The summed E-state index contributed by atoms with van der Waals surface area (Å²) in [5.74, 6) is 0.260. The molecule has 6 heteroatoms. The first-order chi connectivity index (χ1) is 5.74. The molecule has 1 radical (unpaired) electrons. The van der Waals surface area contributed by atoms with Gasteiger partial charge in [0.25, 0.3) is 0 Å². The summed E-state index contributed by atoms with van der Waals surface area (Å²) in [6.07, 6.45) is 1.98. The van der Waals surface area contributed by atoms with Gasteiger partial charge in [-0.3, -0.25) is 4.79 Å². The molecule has 0 aromatic carbocycles. The van der Waals surface area contributed by atoms with Gasteiger partial charge in [0.1, 0.15) is 12.4 Å². The third kappa shape index (κ3) is 2.31. The summed E-state index contributed by atoms with van der Waals surface area (Å²) < 4.78 is 1.71. The van der Waals surface area contributed by atoms with Crippen LogP contribution in [0.15, 0.2) is 11.5 Å². The zero-order valence-electron chi connectivity index (χ0n) is 6.47. The molecule has 1 N–H and O–H groups in total. The van der Waals surface area contributed by atoms with E-state index in [1.165, 1.54) is 18.0 Å². The highest BCUT2D eigenvalue weighted by molar-refractivity contribution is 7.99. The molecule has 0 bridgehead atoms. The zero-order chi connectivity index (χ0) is 8.97. The van der Waals surface area contributed by atoms with Gasteiger partial charge in [-0.2, -0.15) is 0 Å². The van der Waals surface area contributed by atoms with Gasteiger partial charge in [0.2, 0.25) is 6.29 Å². The van der Waals surface area contributed by atoms with E-state index in [-0.39, 0.29) is 5.75 Å². The number of thioether (sulfide) groups is 1. The molecular formula is C6H8N3O2S. The third-order valence-electron chi connectivity index (χ3n) is 1.18. The second-order valence-corrected chi connectivity index (χ2v) is 3.16. The van der Waals surface area contributed by atoms with Crippen molar-refractivity contribution in [3.05, 3.63) is 6.33 Å². The van der Waals surface area contributed by atoms with Gasteiger partial charge in [-0.15, -0.1) is 10.2 Å². The van der Waals surface area contributed by atoms with Gasteiger partial charge in [-0.05, 0) is 0 Å². The van der Waals surface area contributed by atoms with Crippen LogP contribution >= 0.6 is 11.8 Å². The van der Waals surface area contributed by atoms with Gasteiger partial charge >= 0.3 is 0 Å². The Morgan fingerprint density at radius 3 is 3.17 bits per heavy atom. The lowest BCUT2D eigenvalue weighted by atomic mass is 10.5. The number of aryl methyl sites for hydroxylation is 1. The van der Waals surface area contributed by atoms with Gasteiger partial charge in [0.15, 0.2) is 5.16 Å². The van der Waals surface area contributed by atoms with E-state index in [2.05, 4.69) is 10.2 Å². The van der Waals surface area contributed by atoms with Crippen molar-refractivity contribution in [2.75, 3.05) is 5.75 Å². The van der Waals surface area contributed by atoms with Crippen LogP contribution < -0.4 is 0 Å². The van der Waals surface area contributed by atoms with Gasteiger partial charge in [0, 0.05) is 12.8 Å². The Morgan fingerprint density at radius 1 is 1.92 bits per heavy atom. The first kappa shape index (κ1) is 9.21. The molecule has 0 aliphatic heterocycles. The second-order valence-electron chi connectivity index (χ2n) is 2.17. The van der Waals surface area contributed by atoms with Crippen molar-refractivity contribution in [2.24, 2.45) is 7.05 Å². The lowest BCUT2D eigenvalue weighted by Crippen LogP contribution is -2.11. The molecule has 1 aromatic rings. The van der Waals surface area contributed by atoms with Crippen molar-refractivity contribution < 1.29 is 9.90 Å². The van der Waals surface area contributed by atoms with E-state index < -0.39 is 6.10 Å². The third-order valence-corrected chi connectivity index (χ3v) is 2.29. The van der Waals surface area contributed by atoms with E-state index in [9.17, 15) is 4.79 Å². The monoisotopic (exact) mass is 186 g/mol. The highest BCUT2D eigenvalue weighted by Crippen LogP contribution is 2.13. The van der Waals surface area contributed by atoms with E-state index in [1.807, 2.05) is 0 Å². The summed E-state index contributed by atoms with van der Waals surface area (Å²) in [5, 5.41) is 16.9. The molecule has 0 amide bonds. The molecule has 65 valence electrons. The fourth-order valence-electron chi connectivity index (χ4n) is 0.591. The summed E-state index contributed by atoms with van der Waals surface area (Å²) >= 11 is 1.26. The number of carbonyl (C=O) groups excluding carboxylic acids is 1. The smallest absolute Gasteiger partial charge is 0.230 e. The quantitative estimate of drug-likeness (QED) is 0.634. The Balaban J connectivity index is 2.43. The fraction of sp³-hybridized carbons (Fsp3) is 0.500. The van der Waals surface area contributed by atoms with Crippen molar-refractivity contribution >= 4 is 18.0 Å². The molecule has 0 aliphatic carbocycles. The minimum absolute atomic E-state index is 0.260. The van der Waals surface area contributed by atoms with Gasteiger partial charge < -0.3 is 9.67 Å². The van der Waals surface area contributed by atoms with Crippen LogP contribution in [-0.2, 0) is 11.8 Å². The van der Waals surface area contributed by atoms with Crippen molar-refractivity contribution in [1.29, 1.82) is 0 Å². The molecular weight excluding hydrogens is 178 g/mol. The lowest BCUT2D eigenvalue weighted by Gasteiger charge is -2.00. The number of aliphatic hydroxyl groups excluding tert-OH is 1. The molecule has 0 saturated carbocycles. The van der Waals surface area contributed by atoms with Crippen molar-refractivity contribution in [3.63, 3.8) is 0 Å². The van der Waals surface area contributed by atoms with E-state index in [4.69, 9.17) is 5.11 Å². The minimum Gasteiger partial charge on any atom is -0.384 e. The van der Waals surface area contributed by atoms with E-state index in [1.54, 1.807) is 17.9 Å². The normalized spacial score (nSPS) is 12.8. The molecule has 0 aliphatic rings. The average molecular weight is 186 g/mol. The second kappa shape index (κ2) is 4.22. The van der Waals surface area contributed by atoms with Crippen LogP contribution in [0.3, 0.4) is 0 Å². The van der Waals surface area contributed by atoms with Crippen molar-refractivity contribution in [2.45, 2.75) is 11.3 Å². The van der Waals surface area contributed by atoms with Crippen LogP contribution in [0, 0.1) is 0 Å². The first-order valence-corrected chi connectivity index (χ1v) is 4.25. The number of nitrogens with zero attached hydrogens (tertiary/aromatic N) is 3. The summed E-state index contributed by atoms with van der Waals surface area (Å²) in [6.45, 7) is 0. The number of hydrogen-bond acceptors (Lipinski definition) is 5. The summed E-state index contributed by atoms with van der Waals surface area (Å²) in [6, 6.07) is 0. The number of hydrogen-bond donors (Lipinski definition) is 1. The highest BCUT2D eigenvalue weighted by Gasteiger charge is 2.06. The molecule has 1 heterocycles. The molecule has 1 unspecified atom stereocenters. The van der Waals surface area contributed by atoms with Crippen molar-refractivity contribution in [1.82, 2.24) is 14.8 Å². The standard InChI is InChI=1S/C6H8N3O2S/c1-9-4-7-8-6(9)12-3-5(11)2-10/h4-5,11H,3H2,1H3. The van der Waals surface area contributed by atoms with E-state index >= 15 is 0 Å².